The fraction of sp³-hybridized carbons (Fsp3) is 0.200. The van der Waals surface area contributed by atoms with Crippen LogP contribution in [0.15, 0.2) is 24.3 Å². The minimum atomic E-state index is 1.02. The van der Waals surface area contributed by atoms with Crippen LogP contribution in [0.2, 0.25) is 0 Å². The van der Waals surface area contributed by atoms with Gasteiger partial charge in [-0.05, 0) is 6.42 Å². The normalized spacial score (nSPS) is 13.7. The lowest BCUT2D eigenvalue weighted by Gasteiger charge is -1.92. The van der Waals surface area contributed by atoms with Crippen LogP contribution in [0.1, 0.15) is 13.3 Å². The summed E-state index contributed by atoms with van der Waals surface area (Å²) in [7, 11) is 0. The molecule has 1 nitrogen and oxygen atoms in total. The fourth-order valence-electron chi connectivity index (χ4n) is 1.37. The van der Waals surface area contributed by atoms with Gasteiger partial charge in [-0.15, -0.1) is 0 Å². The highest BCUT2D eigenvalue weighted by atomic mass is 14.9. The monoisotopic (exact) mass is 144 g/mol. The molecule has 1 aromatic carbocycles. The zero-order chi connectivity index (χ0) is 7.68. The van der Waals surface area contributed by atoms with Gasteiger partial charge in [-0.25, -0.2) is 0 Å². The zero-order valence-corrected chi connectivity index (χ0v) is 6.54. The number of hydrogen-bond donors (Lipinski definition) is 0. The second-order valence-electron chi connectivity index (χ2n) is 2.65. The lowest BCUT2D eigenvalue weighted by Crippen LogP contribution is -2.21. The molecule has 1 aromatic rings. The quantitative estimate of drug-likeness (QED) is 0.547. The van der Waals surface area contributed by atoms with Crippen molar-refractivity contribution < 1.29 is 0 Å². The van der Waals surface area contributed by atoms with Gasteiger partial charge in [0.05, 0.1) is 0 Å². The van der Waals surface area contributed by atoms with Gasteiger partial charge < -0.3 is 0 Å². The van der Waals surface area contributed by atoms with Crippen LogP contribution >= 0.6 is 0 Å². The van der Waals surface area contributed by atoms with Crippen LogP contribution < -0.4 is 15.8 Å². The Balaban J connectivity index is 2.79. The van der Waals surface area contributed by atoms with Crippen molar-refractivity contribution in [2.45, 2.75) is 13.3 Å². The summed E-state index contributed by atoms with van der Waals surface area (Å²) in [4.78, 5) is 0. The predicted molar refractivity (Wildman–Crippen MR) is 46.0 cm³/mol. The summed E-state index contributed by atoms with van der Waals surface area (Å²) < 4.78 is 0. The smallest absolute Gasteiger partial charge is 0.0479 e. The van der Waals surface area contributed by atoms with E-state index in [9.17, 15) is 0 Å². The molecule has 1 heterocycles. The van der Waals surface area contributed by atoms with E-state index in [2.05, 4.69) is 30.4 Å². The number of nitrogens with zero attached hydrogens (tertiary/aromatic N) is 1. The third kappa shape index (κ3) is 0.929. The number of hydrogen-bond acceptors (Lipinski definition) is 0. The van der Waals surface area contributed by atoms with Gasteiger partial charge in [-0.1, -0.05) is 31.2 Å². The molecule has 2 rings (SSSR count). The molecule has 1 heteroatoms. The summed E-state index contributed by atoms with van der Waals surface area (Å²) in [5, 5.41) is 6.87. The van der Waals surface area contributed by atoms with Crippen molar-refractivity contribution in [3.8, 4) is 0 Å². The maximum Gasteiger partial charge on any atom is 0.0479 e. The van der Waals surface area contributed by atoms with Crippen LogP contribution in [0, 0.1) is 0 Å². The zero-order valence-electron chi connectivity index (χ0n) is 6.54. The van der Waals surface area contributed by atoms with E-state index in [0.29, 0.717) is 0 Å². The topological polar surface area (TPSA) is 14.1 Å². The fourth-order valence-corrected chi connectivity index (χ4v) is 1.37. The molecule has 0 atom stereocenters. The first-order valence-corrected chi connectivity index (χ1v) is 3.91. The maximum absolute atomic E-state index is 4.31. The van der Waals surface area contributed by atoms with Crippen molar-refractivity contribution in [3.63, 3.8) is 0 Å². The first-order valence-electron chi connectivity index (χ1n) is 3.91. The molecule has 0 amide bonds. The van der Waals surface area contributed by atoms with Crippen LogP contribution in [-0.2, 0) is 0 Å². The van der Waals surface area contributed by atoms with E-state index in [1.165, 1.54) is 16.1 Å². The Morgan fingerprint density at radius 1 is 1.27 bits per heavy atom. The Hall–Kier alpha value is -1.24. The number of rotatable bonds is 1. The summed E-state index contributed by atoms with van der Waals surface area (Å²) in [5.41, 5.74) is 1.21. The molecular formula is C10H10N. The van der Waals surface area contributed by atoms with Gasteiger partial charge in [-0.3, -0.25) is 5.32 Å². The highest BCUT2D eigenvalue weighted by Crippen LogP contribution is 1.97. The summed E-state index contributed by atoms with van der Waals surface area (Å²) in [6.45, 7) is 2.13. The average Bonchev–Trinajstić information content (AvgIpc) is 2.47. The van der Waals surface area contributed by atoms with Crippen LogP contribution in [0.5, 0.6) is 0 Å². The lowest BCUT2D eigenvalue weighted by atomic mass is 10.2. The number of benzene rings is 1. The Morgan fingerprint density at radius 3 is 2.91 bits per heavy atom. The number of fused-ring (bicyclic) bond motifs is 1. The highest BCUT2D eigenvalue weighted by Gasteiger charge is 2.01. The van der Waals surface area contributed by atoms with Gasteiger partial charge in [0.15, 0.2) is 0 Å². The van der Waals surface area contributed by atoms with E-state index in [1.807, 2.05) is 12.3 Å². The van der Waals surface area contributed by atoms with E-state index < -0.39 is 0 Å². The average molecular weight is 144 g/mol. The minimum Gasteiger partial charge on any atom is -0.260 e. The SMILES string of the molecule is CCC1=c2ccccc2=C[N]1. The lowest BCUT2D eigenvalue weighted by molar-refractivity contribution is 1.11. The summed E-state index contributed by atoms with van der Waals surface area (Å²) in [6, 6.07) is 8.33. The van der Waals surface area contributed by atoms with Crippen LogP contribution in [0.25, 0.3) is 11.9 Å². The van der Waals surface area contributed by atoms with Crippen molar-refractivity contribution in [1.29, 1.82) is 0 Å². The molecule has 0 saturated carbocycles. The molecular weight excluding hydrogens is 134 g/mol. The molecule has 0 bridgehead atoms. The van der Waals surface area contributed by atoms with Crippen LogP contribution in [-0.4, -0.2) is 0 Å². The van der Waals surface area contributed by atoms with Crippen molar-refractivity contribution in [2.24, 2.45) is 0 Å². The van der Waals surface area contributed by atoms with Crippen molar-refractivity contribution >= 4 is 11.9 Å². The Bertz CT molecular complexity index is 376. The first-order chi connectivity index (χ1) is 5.42. The molecule has 0 N–H and O–H groups in total. The third-order valence-electron chi connectivity index (χ3n) is 1.97. The Morgan fingerprint density at radius 2 is 2.09 bits per heavy atom. The minimum absolute atomic E-state index is 1.02. The molecule has 1 aliphatic rings. The van der Waals surface area contributed by atoms with Gasteiger partial charge in [0, 0.05) is 22.3 Å². The Kier molecular flexibility index (Phi) is 1.42. The molecule has 1 aliphatic heterocycles. The van der Waals surface area contributed by atoms with Gasteiger partial charge in [0.25, 0.3) is 0 Å². The van der Waals surface area contributed by atoms with Crippen molar-refractivity contribution in [3.05, 3.63) is 34.7 Å². The summed E-state index contributed by atoms with van der Waals surface area (Å²) >= 11 is 0. The maximum atomic E-state index is 4.31. The molecule has 0 saturated heterocycles. The predicted octanol–water partition coefficient (Wildman–Crippen LogP) is 0.561. The van der Waals surface area contributed by atoms with E-state index in [4.69, 9.17) is 0 Å². The standard InChI is InChI=1S/C10H10N/c1-2-10-9-6-4-3-5-8(9)7-11-10/h3-7H,2H2,1H3. The van der Waals surface area contributed by atoms with Gasteiger partial charge in [0.1, 0.15) is 0 Å². The van der Waals surface area contributed by atoms with Crippen LogP contribution in [0.4, 0.5) is 0 Å². The van der Waals surface area contributed by atoms with Gasteiger partial charge in [-0.2, -0.15) is 0 Å². The highest BCUT2D eigenvalue weighted by molar-refractivity contribution is 5.54. The summed E-state index contributed by atoms with van der Waals surface area (Å²) in [6.07, 6.45) is 2.96. The Labute approximate surface area is 66.1 Å². The largest absolute Gasteiger partial charge is 0.260 e. The van der Waals surface area contributed by atoms with E-state index in [1.54, 1.807) is 0 Å². The van der Waals surface area contributed by atoms with Gasteiger partial charge >= 0.3 is 0 Å². The second kappa shape index (κ2) is 2.42. The molecule has 0 aromatic heterocycles. The molecule has 0 unspecified atom stereocenters. The van der Waals surface area contributed by atoms with Gasteiger partial charge in [0.2, 0.25) is 0 Å². The van der Waals surface area contributed by atoms with Crippen molar-refractivity contribution in [1.82, 2.24) is 5.32 Å². The van der Waals surface area contributed by atoms with E-state index in [0.717, 1.165) is 6.42 Å². The van der Waals surface area contributed by atoms with Crippen LogP contribution in [0.3, 0.4) is 0 Å². The molecule has 0 fully saturated rings. The first kappa shape index (κ1) is 6.47. The third-order valence-corrected chi connectivity index (χ3v) is 1.97. The van der Waals surface area contributed by atoms with E-state index >= 15 is 0 Å². The molecule has 1 radical (unpaired) electrons. The van der Waals surface area contributed by atoms with Crippen molar-refractivity contribution in [2.75, 3.05) is 0 Å². The molecule has 0 aliphatic carbocycles. The molecule has 55 valence electrons. The molecule has 11 heavy (non-hydrogen) atoms. The van der Waals surface area contributed by atoms with E-state index in [-0.39, 0.29) is 0 Å². The summed E-state index contributed by atoms with van der Waals surface area (Å²) in [5.74, 6) is 0. The second-order valence-corrected chi connectivity index (χ2v) is 2.65. The molecule has 0 spiro atoms.